The highest BCUT2D eigenvalue weighted by Crippen LogP contribution is 2.33. The van der Waals surface area contributed by atoms with Crippen LogP contribution < -0.4 is 10.2 Å². The fourth-order valence-electron chi connectivity index (χ4n) is 3.50. The highest BCUT2D eigenvalue weighted by Gasteiger charge is 2.40. The van der Waals surface area contributed by atoms with Crippen molar-refractivity contribution in [2.45, 2.75) is 12.5 Å². The topological polar surface area (TPSA) is 82.3 Å². The van der Waals surface area contributed by atoms with Crippen molar-refractivity contribution in [1.29, 1.82) is 0 Å². The molecular formula is C20H17N3O3. The average molecular weight is 347 g/mol. The number of carbonyl (C=O) groups is 3. The first-order valence-corrected chi connectivity index (χ1v) is 8.35. The Balaban J connectivity index is 1.75. The van der Waals surface area contributed by atoms with Gasteiger partial charge in [0.25, 0.3) is 11.7 Å². The molecule has 0 spiro atoms. The smallest absolute Gasteiger partial charge is 0.300 e. The van der Waals surface area contributed by atoms with Crippen LogP contribution in [0.15, 0.2) is 54.7 Å². The number of benzene rings is 2. The molecule has 0 radical (unpaired) electrons. The van der Waals surface area contributed by atoms with Crippen molar-refractivity contribution in [1.82, 2.24) is 10.3 Å². The fraction of sp³-hybridized carbons (Fsp3) is 0.150. The predicted molar refractivity (Wildman–Crippen MR) is 98.1 cm³/mol. The zero-order valence-corrected chi connectivity index (χ0v) is 14.2. The van der Waals surface area contributed by atoms with Gasteiger partial charge < -0.3 is 10.3 Å². The number of Topliss-reactive ketones (excluding diaryl/α,β-unsaturated/α-hetero) is 1. The van der Waals surface area contributed by atoms with Gasteiger partial charge in [0.1, 0.15) is 6.04 Å². The third-order valence-corrected chi connectivity index (χ3v) is 4.77. The van der Waals surface area contributed by atoms with Crippen molar-refractivity contribution in [3.05, 3.63) is 65.9 Å². The predicted octanol–water partition coefficient (Wildman–Crippen LogP) is 2.05. The van der Waals surface area contributed by atoms with Crippen LogP contribution in [-0.2, 0) is 16.0 Å². The molecule has 2 heterocycles. The fourth-order valence-corrected chi connectivity index (χ4v) is 3.50. The molecule has 6 heteroatoms. The lowest BCUT2D eigenvalue weighted by atomic mass is 10.1. The highest BCUT2D eigenvalue weighted by molar-refractivity contribution is 6.49. The molecule has 4 rings (SSSR count). The summed E-state index contributed by atoms with van der Waals surface area (Å²) in [5.74, 6) is -1.62. The van der Waals surface area contributed by atoms with Crippen molar-refractivity contribution in [2.75, 3.05) is 11.9 Å². The van der Waals surface area contributed by atoms with Crippen molar-refractivity contribution in [3.63, 3.8) is 0 Å². The van der Waals surface area contributed by atoms with Gasteiger partial charge in [0.15, 0.2) is 0 Å². The van der Waals surface area contributed by atoms with Gasteiger partial charge >= 0.3 is 0 Å². The number of rotatable bonds is 3. The van der Waals surface area contributed by atoms with Crippen LogP contribution >= 0.6 is 0 Å². The van der Waals surface area contributed by atoms with Crippen molar-refractivity contribution in [2.24, 2.45) is 0 Å². The molecule has 0 saturated heterocycles. The molecule has 1 unspecified atom stereocenters. The minimum atomic E-state index is -0.723. The average Bonchev–Trinajstić information content (AvgIpc) is 3.27. The largest absolute Gasteiger partial charge is 0.360 e. The molecule has 0 bridgehead atoms. The van der Waals surface area contributed by atoms with Gasteiger partial charge in [-0.25, -0.2) is 0 Å². The second kappa shape index (κ2) is 6.15. The van der Waals surface area contributed by atoms with Crippen LogP contribution in [0.1, 0.15) is 15.9 Å². The number of ketones is 1. The molecule has 3 aromatic rings. The molecule has 1 aliphatic heterocycles. The van der Waals surface area contributed by atoms with Crippen LogP contribution in [0.25, 0.3) is 10.9 Å². The van der Waals surface area contributed by atoms with E-state index in [2.05, 4.69) is 10.3 Å². The SMILES string of the molecule is CNC(=O)C1Cc2ccccc2N1C(=O)C(=O)c1c[nH]c2ccccc12. The quantitative estimate of drug-likeness (QED) is 0.562. The monoisotopic (exact) mass is 347 g/mol. The van der Waals surface area contributed by atoms with E-state index >= 15 is 0 Å². The van der Waals surface area contributed by atoms with E-state index in [1.54, 1.807) is 24.4 Å². The Kier molecular flexibility index (Phi) is 3.80. The first-order valence-electron chi connectivity index (χ1n) is 8.35. The van der Waals surface area contributed by atoms with Gasteiger partial charge in [-0.05, 0) is 17.7 Å². The minimum Gasteiger partial charge on any atom is -0.360 e. The zero-order chi connectivity index (χ0) is 18.3. The van der Waals surface area contributed by atoms with Gasteiger partial charge in [-0.2, -0.15) is 0 Å². The Morgan fingerprint density at radius 2 is 1.81 bits per heavy atom. The summed E-state index contributed by atoms with van der Waals surface area (Å²) in [6, 6.07) is 13.9. The van der Waals surface area contributed by atoms with Gasteiger partial charge in [-0.15, -0.1) is 0 Å². The lowest BCUT2D eigenvalue weighted by Gasteiger charge is -2.23. The summed E-state index contributed by atoms with van der Waals surface area (Å²) in [5.41, 5.74) is 2.58. The van der Waals surface area contributed by atoms with E-state index in [-0.39, 0.29) is 5.91 Å². The number of carbonyl (C=O) groups excluding carboxylic acids is 3. The van der Waals surface area contributed by atoms with Crippen molar-refractivity contribution in [3.8, 4) is 0 Å². The van der Waals surface area contributed by atoms with E-state index in [9.17, 15) is 14.4 Å². The lowest BCUT2D eigenvalue weighted by Crippen LogP contribution is -2.49. The molecule has 2 amide bonds. The number of aromatic nitrogens is 1. The zero-order valence-electron chi connectivity index (χ0n) is 14.2. The van der Waals surface area contributed by atoms with Crippen molar-refractivity contribution >= 4 is 34.2 Å². The maximum Gasteiger partial charge on any atom is 0.300 e. The number of para-hydroxylation sites is 2. The Labute approximate surface area is 149 Å². The summed E-state index contributed by atoms with van der Waals surface area (Å²) in [6.45, 7) is 0. The molecule has 130 valence electrons. The van der Waals surface area contributed by atoms with Gasteiger partial charge in [-0.3, -0.25) is 19.3 Å². The second-order valence-corrected chi connectivity index (χ2v) is 6.22. The summed E-state index contributed by atoms with van der Waals surface area (Å²) in [6.07, 6.45) is 1.94. The minimum absolute atomic E-state index is 0.290. The molecule has 6 nitrogen and oxygen atoms in total. The number of hydrogen-bond donors (Lipinski definition) is 2. The number of nitrogens with one attached hydrogen (secondary N) is 2. The van der Waals surface area contributed by atoms with Crippen molar-refractivity contribution < 1.29 is 14.4 Å². The lowest BCUT2D eigenvalue weighted by molar-refractivity contribution is -0.124. The number of anilines is 1. The number of nitrogens with zero attached hydrogens (tertiary/aromatic N) is 1. The molecule has 0 fully saturated rings. The Bertz CT molecular complexity index is 1040. The molecular weight excluding hydrogens is 330 g/mol. The highest BCUT2D eigenvalue weighted by atomic mass is 16.2. The molecule has 1 atom stereocenters. The summed E-state index contributed by atoms with van der Waals surface area (Å²) < 4.78 is 0. The first-order chi connectivity index (χ1) is 12.6. The van der Waals surface area contributed by atoms with Crippen LogP contribution in [0.5, 0.6) is 0 Å². The van der Waals surface area contributed by atoms with E-state index in [0.717, 1.165) is 11.1 Å². The van der Waals surface area contributed by atoms with Crippen LogP contribution in [0.2, 0.25) is 0 Å². The van der Waals surface area contributed by atoms with Crippen LogP contribution in [0.4, 0.5) is 5.69 Å². The third-order valence-electron chi connectivity index (χ3n) is 4.77. The second-order valence-electron chi connectivity index (χ2n) is 6.22. The molecule has 2 aromatic carbocycles. The van der Waals surface area contributed by atoms with E-state index in [1.807, 2.05) is 30.3 Å². The van der Waals surface area contributed by atoms with Gasteiger partial charge in [-0.1, -0.05) is 36.4 Å². The Morgan fingerprint density at radius 1 is 1.08 bits per heavy atom. The number of H-pyrrole nitrogens is 1. The maximum atomic E-state index is 13.1. The summed E-state index contributed by atoms with van der Waals surface area (Å²) in [5, 5.41) is 3.27. The number of aromatic amines is 1. The normalized spacial score (nSPS) is 15.7. The standard InChI is InChI=1S/C20H17N3O3/c1-21-19(25)17-10-12-6-2-5-9-16(12)23(17)20(26)18(24)14-11-22-15-8-4-3-7-13(14)15/h2-9,11,17,22H,10H2,1H3,(H,21,25). The molecule has 0 aliphatic carbocycles. The number of amides is 2. The Hall–Kier alpha value is -3.41. The third kappa shape index (κ3) is 2.38. The van der Waals surface area contributed by atoms with E-state index in [0.29, 0.717) is 23.1 Å². The first kappa shape index (κ1) is 16.1. The van der Waals surface area contributed by atoms with E-state index in [4.69, 9.17) is 0 Å². The Morgan fingerprint density at radius 3 is 2.62 bits per heavy atom. The maximum absolute atomic E-state index is 13.1. The molecule has 0 saturated carbocycles. The number of likely N-dealkylation sites (N-methyl/N-ethyl adjacent to an activating group) is 1. The van der Waals surface area contributed by atoms with Crippen LogP contribution in [0.3, 0.4) is 0 Å². The molecule has 26 heavy (non-hydrogen) atoms. The molecule has 1 aliphatic rings. The summed E-state index contributed by atoms with van der Waals surface area (Å²) >= 11 is 0. The van der Waals surface area contributed by atoms with E-state index in [1.165, 1.54) is 11.9 Å². The van der Waals surface area contributed by atoms with Crippen LogP contribution in [-0.4, -0.2) is 35.7 Å². The van der Waals surface area contributed by atoms with Crippen LogP contribution in [0, 0.1) is 0 Å². The molecule has 2 N–H and O–H groups in total. The number of fused-ring (bicyclic) bond motifs is 2. The summed E-state index contributed by atoms with van der Waals surface area (Å²) in [4.78, 5) is 42.6. The van der Waals surface area contributed by atoms with E-state index < -0.39 is 17.7 Å². The number of hydrogen-bond acceptors (Lipinski definition) is 3. The molecule has 1 aromatic heterocycles. The summed E-state index contributed by atoms with van der Waals surface area (Å²) in [7, 11) is 1.52. The van der Waals surface area contributed by atoms with Gasteiger partial charge in [0.05, 0.1) is 5.56 Å². The van der Waals surface area contributed by atoms with Gasteiger partial charge in [0.2, 0.25) is 5.91 Å². The van der Waals surface area contributed by atoms with Gasteiger partial charge in [0, 0.05) is 36.3 Å².